The molecule has 1 atom stereocenters. The second-order valence-corrected chi connectivity index (χ2v) is 6.69. The average molecular weight is 395 g/mol. The van der Waals surface area contributed by atoms with Crippen LogP contribution < -0.4 is 15.4 Å². The number of imide groups is 2. The maximum Gasteiger partial charge on any atom is 0.264 e. The van der Waals surface area contributed by atoms with Crippen molar-refractivity contribution in [1.29, 1.82) is 0 Å². The number of anilines is 2. The van der Waals surface area contributed by atoms with Gasteiger partial charge in [-0.1, -0.05) is 6.07 Å². The summed E-state index contributed by atoms with van der Waals surface area (Å²) in [5.41, 5.74) is 1.15. The van der Waals surface area contributed by atoms with Gasteiger partial charge in [0.05, 0.1) is 23.9 Å². The first-order valence-electron chi connectivity index (χ1n) is 8.89. The zero-order valence-corrected chi connectivity index (χ0v) is 15.4. The van der Waals surface area contributed by atoms with Crippen molar-refractivity contribution >= 4 is 35.0 Å². The lowest BCUT2D eigenvalue weighted by molar-refractivity contribution is -0.136. The molecular formula is C20H17N3O6. The number of carbonyl (C=O) groups is 4. The highest BCUT2D eigenvalue weighted by molar-refractivity contribution is 6.25. The number of phenolic OH excluding ortho intramolecular Hbond substituents is 1. The first kappa shape index (κ1) is 18.5. The van der Waals surface area contributed by atoms with Crippen molar-refractivity contribution in [2.24, 2.45) is 0 Å². The average Bonchev–Trinajstić information content (AvgIpc) is 2.94. The van der Waals surface area contributed by atoms with Gasteiger partial charge in [0.1, 0.15) is 6.04 Å². The van der Waals surface area contributed by atoms with E-state index in [2.05, 4.69) is 10.6 Å². The number of rotatable bonds is 4. The summed E-state index contributed by atoms with van der Waals surface area (Å²) in [4.78, 5) is 50.3. The summed E-state index contributed by atoms with van der Waals surface area (Å²) >= 11 is 0. The van der Waals surface area contributed by atoms with Crippen molar-refractivity contribution in [2.45, 2.75) is 18.9 Å². The number of benzene rings is 2. The minimum absolute atomic E-state index is 0.0556. The maximum atomic E-state index is 13.0. The van der Waals surface area contributed by atoms with Crippen molar-refractivity contribution < 1.29 is 29.0 Å². The Balaban J connectivity index is 1.67. The van der Waals surface area contributed by atoms with Crippen LogP contribution >= 0.6 is 0 Å². The summed E-state index contributed by atoms with van der Waals surface area (Å²) in [5, 5.41) is 15.1. The summed E-state index contributed by atoms with van der Waals surface area (Å²) in [6.45, 7) is 0. The molecule has 0 aromatic heterocycles. The van der Waals surface area contributed by atoms with E-state index in [1.54, 1.807) is 24.3 Å². The van der Waals surface area contributed by atoms with Gasteiger partial charge in [-0.05, 0) is 30.7 Å². The zero-order chi connectivity index (χ0) is 20.7. The van der Waals surface area contributed by atoms with Crippen molar-refractivity contribution in [2.75, 3.05) is 12.4 Å². The van der Waals surface area contributed by atoms with Crippen LogP contribution in [0.3, 0.4) is 0 Å². The Morgan fingerprint density at radius 3 is 2.62 bits per heavy atom. The van der Waals surface area contributed by atoms with Crippen LogP contribution in [0.15, 0.2) is 36.4 Å². The highest BCUT2D eigenvalue weighted by atomic mass is 16.5. The SMILES string of the molecule is COc1ccc(Nc2cccc3c2C(=O)N(C2CCC(=O)NC2=O)C3=O)cc1O. The Bertz CT molecular complexity index is 1060. The number of phenols is 1. The summed E-state index contributed by atoms with van der Waals surface area (Å²) in [7, 11) is 1.43. The first-order chi connectivity index (χ1) is 13.9. The van der Waals surface area contributed by atoms with Gasteiger partial charge in [-0.15, -0.1) is 0 Å². The summed E-state index contributed by atoms with van der Waals surface area (Å²) in [6.07, 6.45) is 0.144. The van der Waals surface area contributed by atoms with Gasteiger partial charge in [0.25, 0.3) is 11.8 Å². The monoisotopic (exact) mass is 395 g/mol. The van der Waals surface area contributed by atoms with Gasteiger partial charge in [0.2, 0.25) is 11.8 Å². The number of ether oxygens (including phenoxy) is 1. The zero-order valence-electron chi connectivity index (χ0n) is 15.4. The molecule has 0 radical (unpaired) electrons. The fraction of sp³-hybridized carbons (Fsp3) is 0.200. The van der Waals surface area contributed by atoms with E-state index >= 15 is 0 Å². The molecule has 0 saturated carbocycles. The summed E-state index contributed by atoms with van der Waals surface area (Å²) in [5.74, 6) is -2.07. The number of hydrogen-bond donors (Lipinski definition) is 3. The van der Waals surface area contributed by atoms with Crippen LogP contribution in [-0.2, 0) is 9.59 Å². The van der Waals surface area contributed by atoms with Gasteiger partial charge in [0, 0.05) is 18.2 Å². The van der Waals surface area contributed by atoms with E-state index in [0.717, 1.165) is 4.90 Å². The molecule has 2 aromatic rings. The van der Waals surface area contributed by atoms with Crippen LogP contribution in [0, 0.1) is 0 Å². The van der Waals surface area contributed by atoms with Crippen LogP contribution in [0.2, 0.25) is 0 Å². The smallest absolute Gasteiger partial charge is 0.264 e. The molecule has 4 amide bonds. The molecule has 0 aliphatic carbocycles. The number of piperidine rings is 1. The fourth-order valence-electron chi connectivity index (χ4n) is 3.54. The van der Waals surface area contributed by atoms with Gasteiger partial charge in [-0.3, -0.25) is 29.4 Å². The Hall–Kier alpha value is -3.88. The van der Waals surface area contributed by atoms with E-state index in [0.29, 0.717) is 17.1 Å². The van der Waals surface area contributed by atoms with E-state index in [1.807, 2.05) is 0 Å². The van der Waals surface area contributed by atoms with Crippen molar-refractivity contribution in [1.82, 2.24) is 10.2 Å². The van der Waals surface area contributed by atoms with Crippen molar-refractivity contribution in [3.63, 3.8) is 0 Å². The molecule has 1 unspecified atom stereocenters. The molecule has 148 valence electrons. The van der Waals surface area contributed by atoms with E-state index in [1.165, 1.54) is 19.2 Å². The van der Waals surface area contributed by atoms with Crippen LogP contribution in [-0.4, -0.2) is 46.8 Å². The molecule has 2 aromatic carbocycles. The Labute approximate surface area is 165 Å². The minimum atomic E-state index is -1.03. The molecule has 9 nitrogen and oxygen atoms in total. The number of fused-ring (bicyclic) bond motifs is 1. The third-order valence-corrected chi connectivity index (χ3v) is 4.93. The fourth-order valence-corrected chi connectivity index (χ4v) is 3.54. The van der Waals surface area contributed by atoms with Crippen LogP contribution in [0.25, 0.3) is 0 Å². The van der Waals surface area contributed by atoms with E-state index < -0.39 is 29.7 Å². The van der Waals surface area contributed by atoms with E-state index in [4.69, 9.17) is 4.74 Å². The normalized spacial score (nSPS) is 18.5. The predicted octanol–water partition coefficient (Wildman–Crippen LogP) is 1.55. The topological polar surface area (TPSA) is 125 Å². The number of nitrogens with one attached hydrogen (secondary N) is 2. The number of carbonyl (C=O) groups excluding carboxylic acids is 4. The molecule has 1 saturated heterocycles. The molecule has 1 fully saturated rings. The maximum absolute atomic E-state index is 13.0. The molecule has 0 bridgehead atoms. The number of methoxy groups -OCH3 is 1. The number of nitrogens with zero attached hydrogens (tertiary/aromatic N) is 1. The van der Waals surface area contributed by atoms with Crippen LogP contribution in [0.5, 0.6) is 11.5 Å². The second kappa shape index (κ2) is 6.93. The first-order valence-corrected chi connectivity index (χ1v) is 8.89. The van der Waals surface area contributed by atoms with Gasteiger partial charge < -0.3 is 15.2 Å². The molecule has 2 heterocycles. The minimum Gasteiger partial charge on any atom is -0.504 e. The Morgan fingerprint density at radius 2 is 1.93 bits per heavy atom. The van der Waals surface area contributed by atoms with Gasteiger partial charge in [-0.25, -0.2) is 0 Å². The van der Waals surface area contributed by atoms with Crippen LogP contribution in [0.4, 0.5) is 11.4 Å². The summed E-state index contributed by atoms with van der Waals surface area (Å²) in [6, 6.07) is 8.36. The number of hydrogen-bond acceptors (Lipinski definition) is 7. The van der Waals surface area contributed by atoms with E-state index in [-0.39, 0.29) is 29.7 Å². The lowest BCUT2D eigenvalue weighted by atomic mass is 10.0. The molecule has 4 rings (SSSR count). The lowest BCUT2D eigenvalue weighted by Crippen LogP contribution is -2.54. The Kier molecular flexibility index (Phi) is 4.42. The number of amides is 4. The molecule has 29 heavy (non-hydrogen) atoms. The van der Waals surface area contributed by atoms with Gasteiger partial charge in [0.15, 0.2) is 11.5 Å². The predicted molar refractivity (Wildman–Crippen MR) is 101 cm³/mol. The highest BCUT2D eigenvalue weighted by Gasteiger charge is 2.45. The molecule has 9 heteroatoms. The third kappa shape index (κ3) is 3.06. The van der Waals surface area contributed by atoms with Crippen molar-refractivity contribution in [3.8, 4) is 11.5 Å². The molecule has 0 spiro atoms. The Morgan fingerprint density at radius 1 is 1.14 bits per heavy atom. The lowest BCUT2D eigenvalue weighted by Gasteiger charge is -2.27. The standard InChI is InChI=1S/C20H17N3O6/c1-29-15-7-5-10(9-14(15)24)21-12-4-2-3-11-17(12)20(28)23(19(11)27)13-6-8-16(25)22-18(13)26/h2-5,7,9,13,21,24H,6,8H2,1H3,(H,22,25,26). The van der Waals surface area contributed by atoms with Crippen LogP contribution in [0.1, 0.15) is 33.6 Å². The third-order valence-electron chi connectivity index (χ3n) is 4.93. The van der Waals surface area contributed by atoms with E-state index in [9.17, 15) is 24.3 Å². The molecule has 2 aliphatic rings. The van der Waals surface area contributed by atoms with Crippen molar-refractivity contribution in [3.05, 3.63) is 47.5 Å². The van der Waals surface area contributed by atoms with Gasteiger partial charge >= 0.3 is 0 Å². The summed E-state index contributed by atoms with van der Waals surface area (Å²) < 4.78 is 5.01. The quantitative estimate of drug-likeness (QED) is 0.671. The second-order valence-electron chi connectivity index (χ2n) is 6.69. The molecule has 3 N–H and O–H groups in total. The number of aromatic hydroxyl groups is 1. The van der Waals surface area contributed by atoms with Gasteiger partial charge in [-0.2, -0.15) is 0 Å². The molecular weight excluding hydrogens is 378 g/mol. The molecule has 2 aliphatic heterocycles. The largest absolute Gasteiger partial charge is 0.504 e. The highest BCUT2D eigenvalue weighted by Crippen LogP contribution is 2.35.